The number of hydrogen-bond acceptors (Lipinski definition) is 1. The van der Waals surface area contributed by atoms with Crippen LogP contribution in [0.3, 0.4) is 0 Å². The molecule has 0 aromatic carbocycles. The van der Waals surface area contributed by atoms with Gasteiger partial charge in [-0.3, -0.25) is 0 Å². The van der Waals surface area contributed by atoms with E-state index in [4.69, 9.17) is 0 Å². The van der Waals surface area contributed by atoms with Crippen LogP contribution in [0.1, 0.15) is 32.6 Å². The van der Waals surface area contributed by atoms with E-state index in [0.717, 1.165) is 12.0 Å². The van der Waals surface area contributed by atoms with Crippen LogP contribution in [0.15, 0.2) is 0 Å². The normalized spacial score (nSPS) is 41.7. The number of rotatable bonds is 1. The summed E-state index contributed by atoms with van der Waals surface area (Å²) < 4.78 is 0. The van der Waals surface area contributed by atoms with Crippen LogP contribution in [-0.2, 0) is 0 Å². The van der Waals surface area contributed by atoms with Crippen LogP contribution in [0.25, 0.3) is 0 Å². The van der Waals surface area contributed by atoms with Gasteiger partial charge in [0.2, 0.25) is 0 Å². The van der Waals surface area contributed by atoms with Gasteiger partial charge in [0.1, 0.15) is 0 Å². The Bertz CT molecular complexity index is 110. The fraction of sp³-hybridized carbons (Fsp3) is 1.00. The molecule has 2 rings (SSSR count). The van der Waals surface area contributed by atoms with Crippen LogP contribution in [-0.4, -0.2) is 24.0 Å². The van der Waals surface area contributed by atoms with Crippen molar-refractivity contribution in [1.29, 1.82) is 0 Å². The summed E-state index contributed by atoms with van der Waals surface area (Å²) in [5.74, 6) is 1.02. The predicted molar refractivity (Wildman–Crippen MR) is 43.0 cm³/mol. The minimum atomic E-state index is 0.984. The molecular formula is C9H17N. The lowest BCUT2D eigenvalue weighted by molar-refractivity contribution is 0.110. The van der Waals surface area contributed by atoms with Crippen molar-refractivity contribution in [1.82, 2.24) is 4.90 Å². The molecule has 2 fully saturated rings. The molecular weight excluding hydrogens is 122 g/mol. The Morgan fingerprint density at radius 3 is 2.20 bits per heavy atom. The van der Waals surface area contributed by atoms with Crippen molar-refractivity contribution in [3.63, 3.8) is 0 Å². The molecule has 0 spiro atoms. The van der Waals surface area contributed by atoms with E-state index in [2.05, 4.69) is 11.8 Å². The summed E-state index contributed by atoms with van der Waals surface area (Å²) in [5, 5.41) is 0. The van der Waals surface area contributed by atoms with E-state index in [-0.39, 0.29) is 0 Å². The maximum atomic E-state index is 2.68. The molecule has 0 amide bonds. The van der Waals surface area contributed by atoms with Crippen molar-refractivity contribution in [2.24, 2.45) is 5.92 Å². The number of hydrogen-bond donors (Lipinski definition) is 0. The van der Waals surface area contributed by atoms with Gasteiger partial charge in [0.25, 0.3) is 0 Å². The second-order valence-corrected chi connectivity index (χ2v) is 3.97. The van der Waals surface area contributed by atoms with Gasteiger partial charge in [-0.25, -0.2) is 0 Å². The SMILES string of the molecule is CC1CC(N2CCCC2)C1. The van der Waals surface area contributed by atoms with Gasteiger partial charge in [0, 0.05) is 6.04 Å². The van der Waals surface area contributed by atoms with E-state index in [1.807, 2.05) is 0 Å². The Kier molecular flexibility index (Phi) is 1.69. The molecule has 1 aliphatic carbocycles. The number of likely N-dealkylation sites (tertiary alicyclic amines) is 1. The zero-order valence-corrected chi connectivity index (χ0v) is 6.84. The summed E-state index contributed by atoms with van der Waals surface area (Å²) in [4.78, 5) is 2.68. The molecule has 1 nitrogen and oxygen atoms in total. The predicted octanol–water partition coefficient (Wildman–Crippen LogP) is 1.88. The van der Waals surface area contributed by atoms with Crippen LogP contribution in [0.4, 0.5) is 0 Å². The van der Waals surface area contributed by atoms with Gasteiger partial charge < -0.3 is 4.90 Å². The van der Waals surface area contributed by atoms with E-state index < -0.39 is 0 Å². The summed E-state index contributed by atoms with van der Waals surface area (Å²) in [5.41, 5.74) is 0. The highest BCUT2D eigenvalue weighted by Crippen LogP contribution is 2.32. The molecule has 1 heterocycles. The summed E-state index contributed by atoms with van der Waals surface area (Å²) in [7, 11) is 0. The molecule has 10 heavy (non-hydrogen) atoms. The number of nitrogens with zero attached hydrogens (tertiary/aromatic N) is 1. The summed E-state index contributed by atoms with van der Waals surface area (Å²) in [6.45, 7) is 5.14. The van der Waals surface area contributed by atoms with Gasteiger partial charge in [-0.05, 0) is 44.7 Å². The fourth-order valence-electron chi connectivity index (χ4n) is 2.26. The van der Waals surface area contributed by atoms with Gasteiger partial charge >= 0.3 is 0 Å². The Hall–Kier alpha value is -0.0400. The van der Waals surface area contributed by atoms with Crippen LogP contribution in [0.2, 0.25) is 0 Å². The minimum absolute atomic E-state index is 0.984. The van der Waals surface area contributed by atoms with Crippen molar-refractivity contribution in [3.8, 4) is 0 Å². The van der Waals surface area contributed by atoms with E-state index >= 15 is 0 Å². The highest BCUT2D eigenvalue weighted by Gasteiger charge is 2.31. The summed E-state index contributed by atoms with van der Waals surface area (Å²) in [6.07, 6.45) is 5.84. The molecule has 0 aromatic heterocycles. The lowest BCUT2D eigenvalue weighted by Gasteiger charge is -2.39. The van der Waals surface area contributed by atoms with Crippen LogP contribution >= 0.6 is 0 Å². The largest absolute Gasteiger partial charge is 0.300 e. The van der Waals surface area contributed by atoms with Gasteiger partial charge in [-0.1, -0.05) is 6.92 Å². The van der Waals surface area contributed by atoms with Crippen molar-refractivity contribution in [3.05, 3.63) is 0 Å². The topological polar surface area (TPSA) is 3.24 Å². The maximum Gasteiger partial charge on any atom is 0.0100 e. The van der Waals surface area contributed by atoms with E-state index in [9.17, 15) is 0 Å². The van der Waals surface area contributed by atoms with Crippen molar-refractivity contribution < 1.29 is 0 Å². The third kappa shape index (κ3) is 1.07. The second kappa shape index (κ2) is 2.54. The molecule has 1 saturated carbocycles. The Morgan fingerprint density at radius 1 is 1.10 bits per heavy atom. The molecule has 1 heteroatoms. The molecule has 0 atom stereocenters. The van der Waals surface area contributed by atoms with Crippen LogP contribution in [0, 0.1) is 5.92 Å². The summed E-state index contributed by atoms with van der Waals surface area (Å²) >= 11 is 0. The van der Waals surface area contributed by atoms with E-state index in [1.165, 1.54) is 38.8 Å². The van der Waals surface area contributed by atoms with Gasteiger partial charge in [0.15, 0.2) is 0 Å². The highest BCUT2D eigenvalue weighted by molar-refractivity contribution is 4.86. The Morgan fingerprint density at radius 2 is 1.70 bits per heavy atom. The lowest BCUT2D eigenvalue weighted by atomic mass is 9.81. The first kappa shape index (κ1) is 6.66. The first-order valence-corrected chi connectivity index (χ1v) is 4.60. The molecule has 1 aliphatic heterocycles. The van der Waals surface area contributed by atoms with Gasteiger partial charge in [-0.2, -0.15) is 0 Å². The average molecular weight is 139 g/mol. The van der Waals surface area contributed by atoms with Crippen molar-refractivity contribution >= 4 is 0 Å². The third-order valence-corrected chi connectivity index (χ3v) is 3.01. The lowest BCUT2D eigenvalue weighted by Crippen LogP contribution is -2.42. The maximum absolute atomic E-state index is 2.68. The molecule has 0 bridgehead atoms. The molecule has 2 aliphatic rings. The smallest absolute Gasteiger partial charge is 0.0100 e. The van der Waals surface area contributed by atoms with E-state index in [1.54, 1.807) is 0 Å². The standard InChI is InChI=1S/C9H17N/c1-8-6-9(7-8)10-4-2-3-5-10/h8-9H,2-7H2,1H3. The first-order chi connectivity index (χ1) is 4.86. The van der Waals surface area contributed by atoms with Crippen molar-refractivity contribution in [2.75, 3.05) is 13.1 Å². The molecule has 58 valence electrons. The molecule has 0 N–H and O–H groups in total. The van der Waals surface area contributed by atoms with E-state index in [0.29, 0.717) is 0 Å². The molecule has 1 saturated heterocycles. The minimum Gasteiger partial charge on any atom is -0.300 e. The fourth-order valence-corrected chi connectivity index (χ4v) is 2.26. The Labute approximate surface area is 63.4 Å². The molecule has 0 unspecified atom stereocenters. The second-order valence-electron chi connectivity index (χ2n) is 3.97. The quantitative estimate of drug-likeness (QED) is 0.536. The van der Waals surface area contributed by atoms with Crippen LogP contribution in [0.5, 0.6) is 0 Å². The molecule has 0 radical (unpaired) electrons. The molecule has 0 aromatic rings. The van der Waals surface area contributed by atoms with Crippen LogP contribution < -0.4 is 0 Å². The van der Waals surface area contributed by atoms with Crippen molar-refractivity contribution in [2.45, 2.75) is 38.6 Å². The zero-order valence-electron chi connectivity index (χ0n) is 6.84. The van der Waals surface area contributed by atoms with Gasteiger partial charge in [-0.15, -0.1) is 0 Å². The monoisotopic (exact) mass is 139 g/mol. The summed E-state index contributed by atoms with van der Waals surface area (Å²) in [6, 6.07) is 0.984. The zero-order chi connectivity index (χ0) is 6.97. The Balaban J connectivity index is 1.78. The first-order valence-electron chi connectivity index (χ1n) is 4.60. The third-order valence-electron chi connectivity index (χ3n) is 3.01. The van der Waals surface area contributed by atoms with Gasteiger partial charge in [0.05, 0.1) is 0 Å². The average Bonchev–Trinajstić information content (AvgIpc) is 2.31. The highest BCUT2D eigenvalue weighted by atomic mass is 15.2.